The van der Waals surface area contributed by atoms with Gasteiger partial charge in [0.1, 0.15) is 5.82 Å². The van der Waals surface area contributed by atoms with Crippen LogP contribution in [-0.4, -0.2) is 71.7 Å². The molecule has 0 amide bonds. The lowest BCUT2D eigenvalue weighted by molar-refractivity contribution is 0.384. The molecular weight excluding hydrogens is 414 g/mol. The first-order valence-corrected chi connectivity index (χ1v) is 12.0. The molecule has 10 heteroatoms. The summed E-state index contributed by atoms with van der Waals surface area (Å²) in [4.78, 5) is 13.8. The van der Waals surface area contributed by atoms with Gasteiger partial charge >= 0.3 is 0 Å². The van der Waals surface area contributed by atoms with Crippen LogP contribution in [0.25, 0.3) is 5.69 Å². The minimum Gasteiger partial charge on any atom is -0.354 e. The molecule has 0 saturated carbocycles. The molecule has 0 spiro atoms. The van der Waals surface area contributed by atoms with E-state index in [9.17, 15) is 8.42 Å². The quantitative estimate of drug-likeness (QED) is 0.599. The van der Waals surface area contributed by atoms with E-state index in [2.05, 4.69) is 19.9 Å². The van der Waals surface area contributed by atoms with Crippen molar-refractivity contribution in [1.29, 1.82) is 0 Å². The molecule has 0 N–H and O–H groups in total. The van der Waals surface area contributed by atoms with Crippen LogP contribution >= 0.6 is 0 Å². The van der Waals surface area contributed by atoms with Crippen LogP contribution in [-0.2, 0) is 10.0 Å². The number of rotatable bonds is 5. The van der Waals surface area contributed by atoms with E-state index in [1.807, 2.05) is 18.3 Å². The van der Waals surface area contributed by atoms with Crippen LogP contribution in [0.15, 0.2) is 59.9 Å². The van der Waals surface area contributed by atoms with Crippen LogP contribution in [0.5, 0.6) is 0 Å². The topological polar surface area (TPSA) is 87.5 Å². The van der Waals surface area contributed by atoms with Crippen molar-refractivity contribution < 1.29 is 8.42 Å². The van der Waals surface area contributed by atoms with E-state index in [-0.39, 0.29) is 0 Å². The standard InChI is InChI=1S/C21H25N7O2S/c29-31(30,19-6-4-18(5-7-19)28-13-3-9-23-28)27-16-14-25(15-17-27)20-8-10-22-21(24-20)26-11-1-2-12-26/h3-10,13H,1-2,11-12,14-17H2. The number of aromatic nitrogens is 4. The average molecular weight is 440 g/mol. The van der Waals surface area contributed by atoms with Crippen LogP contribution in [0.1, 0.15) is 12.8 Å². The molecule has 0 radical (unpaired) electrons. The summed E-state index contributed by atoms with van der Waals surface area (Å²) in [7, 11) is -3.54. The maximum atomic E-state index is 13.1. The van der Waals surface area contributed by atoms with Crippen LogP contribution in [0.3, 0.4) is 0 Å². The van der Waals surface area contributed by atoms with Crippen LogP contribution < -0.4 is 9.80 Å². The second-order valence-electron chi connectivity index (χ2n) is 7.74. The fourth-order valence-electron chi connectivity index (χ4n) is 4.08. The van der Waals surface area contributed by atoms with Crippen molar-refractivity contribution in [3.05, 3.63) is 55.0 Å². The Bertz CT molecular complexity index is 1120. The van der Waals surface area contributed by atoms with Gasteiger partial charge in [0.2, 0.25) is 16.0 Å². The van der Waals surface area contributed by atoms with Gasteiger partial charge in [-0.25, -0.2) is 18.1 Å². The Labute approximate surface area is 182 Å². The molecule has 3 aromatic rings. The summed E-state index contributed by atoms with van der Waals surface area (Å²) >= 11 is 0. The van der Waals surface area contributed by atoms with Gasteiger partial charge < -0.3 is 9.80 Å². The Kier molecular flexibility index (Phi) is 5.33. The van der Waals surface area contributed by atoms with E-state index < -0.39 is 10.0 Å². The lowest BCUT2D eigenvalue weighted by atomic mass is 10.3. The van der Waals surface area contributed by atoms with Crippen molar-refractivity contribution in [2.75, 3.05) is 49.1 Å². The van der Waals surface area contributed by atoms with E-state index in [0.717, 1.165) is 30.5 Å². The largest absolute Gasteiger partial charge is 0.354 e. The lowest BCUT2D eigenvalue weighted by Gasteiger charge is -2.34. The summed E-state index contributed by atoms with van der Waals surface area (Å²) in [5.74, 6) is 1.62. The Morgan fingerprint density at radius 2 is 1.55 bits per heavy atom. The molecule has 9 nitrogen and oxygen atoms in total. The molecule has 31 heavy (non-hydrogen) atoms. The van der Waals surface area contributed by atoms with E-state index in [1.54, 1.807) is 45.6 Å². The van der Waals surface area contributed by atoms with Crippen LogP contribution in [0.2, 0.25) is 0 Å². The Morgan fingerprint density at radius 1 is 0.806 bits per heavy atom. The Morgan fingerprint density at radius 3 is 2.23 bits per heavy atom. The second kappa shape index (κ2) is 8.27. The zero-order chi connectivity index (χ0) is 21.3. The molecule has 0 aliphatic carbocycles. The predicted molar refractivity (Wildman–Crippen MR) is 118 cm³/mol. The van der Waals surface area contributed by atoms with Gasteiger partial charge in [-0.3, -0.25) is 0 Å². The van der Waals surface area contributed by atoms with E-state index in [0.29, 0.717) is 31.1 Å². The molecule has 0 atom stereocenters. The van der Waals surface area contributed by atoms with Crippen molar-refractivity contribution in [2.24, 2.45) is 0 Å². The van der Waals surface area contributed by atoms with Crippen molar-refractivity contribution in [3.8, 4) is 5.69 Å². The first kappa shape index (κ1) is 20.0. The zero-order valence-electron chi connectivity index (χ0n) is 17.2. The SMILES string of the molecule is O=S(=O)(c1ccc(-n2cccn2)cc1)N1CCN(c2ccnc(N3CCCC3)n2)CC1. The Hall–Kier alpha value is -2.98. The number of hydrogen-bond donors (Lipinski definition) is 0. The zero-order valence-corrected chi connectivity index (χ0v) is 18.0. The molecule has 4 heterocycles. The maximum Gasteiger partial charge on any atom is 0.243 e. The van der Waals surface area contributed by atoms with Gasteiger partial charge in [0.15, 0.2) is 0 Å². The first-order chi connectivity index (χ1) is 15.1. The summed E-state index contributed by atoms with van der Waals surface area (Å²) in [5.41, 5.74) is 0.825. The molecule has 162 valence electrons. The molecule has 1 aromatic carbocycles. The summed E-state index contributed by atoms with van der Waals surface area (Å²) in [5, 5.41) is 4.17. The molecule has 2 aliphatic heterocycles. The fourth-order valence-corrected chi connectivity index (χ4v) is 5.51. The molecular formula is C21H25N7O2S. The summed E-state index contributed by atoms with van der Waals surface area (Å²) in [6.07, 6.45) is 7.65. The van der Waals surface area contributed by atoms with Gasteiger partial charge in [0.05, 0.1) is 10.6 Å². The highest BCUT2D eigenvalue weighted by atomic mass is 32.2. The average Bonchev–Trinajstić information content (AvgIpc) is 3.54. The van der Waals surface area contributed by atoms with Gasteiger partial charge in [0, 0.05) is 57.9 Å². The van der Waals surface area contributed by atoms with Crippen molar-refractivity contribution >= 4 is 21.8 Å². The minimum atomic E-state index is -3.54. The van der Waals surface area contributed by atoms with E-state index in [1.165, 1.54) is 12.8 Å². The van der Waals surface area contributed by atoms with Crippen LogP contribution in [0, 0.1) is 0 Å². The fraction of sp³-hybridized carbons (Fsp3) is 0.381. The summed E-state index contributed by atoms with van der Waals surface area (Å²) < 4.78 is 29.5. The first-order valence-electron chi connectivity index (χ1n) is 10.5. The lowest BCUT2D eigenvalue weighted by Crippen LogP contribution is -2.49. The highest BCUT2D eigenvalue weighted by Gasteiger charge is 2.29. The van der Waals surface area contributed by atoms with Crippen LogP contribution in [0.4, 0.5) is 11.8 Å². The summed E-state index contributed by atoms with van der Waals surface area (Å²) in [6, 6.07) is 10.6. The molecule has 2 fully saturated rings. The molecule has 5 rings (SSSR count). The number of piperazine rings is 1. The third-order valence-electron chi connectivity index (χ3n) is 5.82. The van der Waals surface area contributed by atoms with E-state index in [4.69, 9.17) is 4.98 Å². The highest BCUT2D eigenvalue weighted by Crippen LogP contribution is 2.23. The third-order valence-corrected chi connectivity index (χ3v) is 7.74. The van der Waals surface area contributed by atoms with Gasteiger partial charge in [-0.05, 0) is 49.2 Å². The molecule has 0 unspecified atom stereocenters. The van der Waals surface area contributed by atoms with Crippen molar-refractivity contribution in [3.63, 3.8) is 0 Å². The van der Waals surface area contributed by atoms with Gasteiger partial charge in [-0.15, -0.1) is 0 Å². The smallest absolute Gasteiger partial charge is 0.243 e. The Balaban J connectivity index is 1.26. The molecule has 0 bridgehead atoms. The predicted octanol–water partition coefficient (Wildman–Crippen LogP) is 1.77. The third kappa shape index (κ3) is 4.00. The number of anilines is 2. The molecule has 2 saturated heterocycles. The normalized spacial score (nSPS) is 17.9. The van der Waals surface area contributed by atoms with Crippen molar-refractivity contribution in [1.82, 2.24) is 24.1 Å². The monoisotopic (exact) mass is 439 g/mol. The maximum absolute atomic E-state index is 13.1. The number of sulfonamides is 1. The van der Waals surface area contributed by atoms with Gasteiger partial charge in [-0.1, -0.05) is 0 Å². The molecule has 2 aromatic heterocycles. The van der Waals surface area contributed by atoms with E-state index >= 15 is 0 Å². The molecule has 2 aliphatic rings. The number of nitrogens with zero attached hydrogens (tertiary/aromatic N) is 7. The van der Waals surface area contributed by atoms with Gasteiger partial charge in [-0.2, -0.15) is 14.4 Å². The highest BCUT2D eigenvalue weighted by molar-refractivity contribution is 7.89. The van der Waals surface area contributed by atoms with Crippen molar-refractivity contribution in [2.45, 2.75) is 17.7 Å². The van der Waals surface area contributed by atoms with Gasteiger partial charge in [0.25, 0.3) is 0 Å². The minimum absolute atomic E-state index is 0.301. The summed E-state index contributed by atoms with van der Waals surface area (Å²) in [6.45, 7) is 4.03. The second-order valence-corrected chi connectivity index (χ2v) is 9.68. The number of hydrogen-bond acceptors (Lipinski definition) is 7. The number of benzene rings is 1.